The number of nitrogens with zero attached hydrogens (tertiary/aromatic N) is 1. The number of carbonyl (C=O) groups is 1. The molecule has 128 valence electrons. The number of halogens is 1. The number of ether oxygens (including phenoxy) is 3. The normalized spacial score (nSPS) is 29.6. The van der Waals surface area contributed by atoms with E-state index in [1.165, 1.54) is 0 Å². The number of hydrogen-bond acceptors (Lipinski definition) is 4. The van der Waals surface area contributed by atoms with Crippen LogP contribution in [0.25, 0.3) is 0 Å². The molecule has 22 heavy (non-hydrogen) atoms. The minimum Gasteiger partial charge on any atom is -0.444 e. The van der Waals surface area contributed by atoms with Crippen LogP contribution in [0.1, 0.15) is 40.0 Å². The maximum atomic E-state index is 12.3. The Kier molecular flexibility index (Phi) is 6.36. The van der Waals surface area contributed by atoms with Gasteiger partial charge in [-0.3, -0.25) is 0 Å². The number of piperidine rings is 1. The second-order valence-corrected chi connectivity index (χ2v) is 8.13. The topological polar surface area (TPSA) is 48.0 Å². The molecule has 0 N–H and O–H groups in total. The summed E-state index contributed by atoms with van der Waals surface area (Å²) in [6.45, 7) is 9.44. The van der Waals surface area contributed by atoms with Crippen molar-refractivity contribution in [2.75, 3.05) is 37.3 Å². The van der Waals surface area contributed by atoms with Crippen LogP contribution >= 0.6 is 22.6 Å². The van der Waals surface area contributed by atoms with Crippen molar-refractivity contribution in [2.24, 2.45) is 5.92 Å². The van der Waals surface area contributed by atoms with E-state index in [1.54, 1.807) is 4.90 Å². The van der Waals surface area contributed by atoms with E-state index in [-0.39, 0.29) is 11.7 Å². The largest absolute Gasteiger partial charge is 0.444 e. The lowest BCUT2D eigenvalue weighted by Gasteiger charge is -2.42. The molecule has 0 radical (unpaired) electrons. The molecule has 0 aliphatic carbocycles. The monoisotopic (exact) mass is 425 g/mol. The molecule has 2 saturated heterocycles. The SMILES string of the molecule is CC(C)(C)OC(=O)N1CCCC(CI)(OCC2CCOC2)C1. The molecule has 0 aromatic carbocycles. The van der Waals surface area contributed by atoms with Crippen LogP contribution in [0.2, 0.25) is 0 Å². The van der Waals surface area contributed by atoms with Crippen LogP contribution in [0.15, 0.2) is 0 Å². The average Bonchev–Trinajstić information content (AvgIpc) is 2.97. The molecule has 2 rings (SSSR count). The molecule has 0 aromatic rings. The van der Waals surface area contributed by atoms with Crippen molar-refractivity contribution >= 4 is 28.7 Å². The van der Waals surface area contributed by atoms with Gasteiger partial charge in [0.15, 0.2) is 0 Å². The minimum atomic E-state index is -0.455. The van der Waals surface area contributed by atoms with Crippen molar-refractivity contribution in [3.63, 3.8) is 0 Å². The highest BCUT2D eigenvalue weighted by molar-refractivity contribution is 14.1. The Hall–Kier alpha value is -0.0800. The van der Waals surface area contributed by atoms with Crippen molar-refractivity contribution in [1.29, 1.82) is 0 Å². The zero-order valence-corrected chi connectivity index (χ0v) is 16.1. The predicted molar refractivity (Wildman–Crippen MR) is 93.5 cm³/mol. The van der Waals surface area contributed by atoms with Gasteiger partial charge in [0.2, 0.25) is 0 Å². The molecular weight excluding hydrogens is 397 g/mol. The zero-order valence-electron chi connectivity index (χ0n) is 13.9. The third-order valence-corrected chi connectivity index (χ3v) is 5.47. The van der Waals surface area contributed by atoms with Crippen molar-refractivity contribution < 1.29 is 19.0 Å². The second kappa shape index (κ2) is 7.66. The summed E-state index contributed by atoms with van der Waals surface area (Å²) in [5.41, 5.74) is -0.693. The fourth-order valence-corrected chi connectivity index (χ4v) is 3.70. The Morgan fingerprint density at radius 2 is 2.23 bits per heavy atom. The van der Waals surface area contributed by atoms with Crippen molar-refractivity contribution in [3.8, 4) is 0 Å². The van der Waals surface area contributed by atoms with Crippen LogP contribution in [0.5, 0.6) is 0 Å². The Morgan fingerprint density at radius 3 is 2.82 bits per heavy atom. The zero-order chi connectivity index (χ0) is 16.2. The summed E-state index contributed by atoms with van der Waals surface area (Å²) < 4.78 is 18.1. The molecule has 6 heteroatoms. The Labute approximate surface area is 147 Å². The maximum Gasteiger partial charge on any atom is 0.410 e. The maximum absolute atomic E-state index is 12.3. The molecule has 2 aliphatic heterocycles. The van der Waals surface area contributed by atoms with Gasteiger partial charge in [-0.2, -0.15) is 0 Å². The highest BCUT2D eigenvalue weighted by Gasteiger charge is 2.39. The van der Waals surface area contributed by atoms with E-state index in [2.05, 4.69) is 22.6 Å². The fourth-order valence-electron chi connectivity index (χ4n) is 2.86. The quantitative estimate of drug-likeness (QED) is 0.513. The highest BCUT2D eigenvalue weighted by Crippen LogP contribution is 2.30. The minimum absolute atomic E-state index is 0.228. The van der Waals surface area contributed by atoms with Gasteiger partial charge in [-0.1, -0.05) is 22.6 Å². The van der Waals surface area contributed by atoms with Gasteiger partial charge in [-0.05, 0) is 40.0 Å². The van der Waals surface area contributed by atoms with E-state index in [0.29, 0.717) is 12.5 Å². The van der Waals surface area contributed by atoms with Gasteiger partial charge >= 0.3 is 6.09 Å². The van der Waals surface area contributed by atoms with E-state index < -0.39 is 5.60 Å². The van der Waals surface area contributed by atoms with Crippen LogP contribution in [-0.4, -0.2) is 59.5 Å². The summed E-state index contributed by atoms with van der Waals surface area (Å²) in [6, 6.07) is 0. The number of amides is 1. The molecular formula is C16H28INO4. The van der Waals surface area contributed by atoms with Gasteiger partial charge in [0.05, 0.1) is 25.4 Å². The van der Waals surface area contributed by atoms with E-state index in [9.17, 15) is 4.79 Å². The molecule has 2 aliphatic rings. The Morgan fingerprint density at radius 1 is 1.45 bits per heavy atom. The third-order valence-electron chi connectivity index (χ3n) is 4.08. The van der Waals surface area contributed by atoms with E-state index in [0.717, 1.165) is 50.1 Å². The van der Waals surface area contributed by atoms with E-state index >= 15 is 0 Å². The molecule has 0 saturated carbocycles. The summed E-state index contributed by atoms with van der Waals surface area (Å²) in [6.07, 6.45) is 2.81. The number of alkyl halides is 1. The molecule has 2 unspecified atom stereocenters. The molecule has 0 aromatic heterocycles. The van der Waals surface area contributed by atoms with Gasteiger partial charge in [0.1, 0.15) is 5.60 Å². The number of hydrogen-bond donors (Lipinski definition) is 0. The first-order valence-corrected chi connectivity index (χ1v) is 9.62. The van der Waals surface area contributed by atoms with Gasteiger partial charge < -0.3 is 19.1 Å². The third kappa shape index (κ3) is 5.23. The summed E-state index contributed by atoms with van der Waals surface area (Å²) in [5, 5.41) is 0. The summed E-state index contributed by atoms with van der Waals surface area (Å²) >= 11 is 2.37. The number of likely N-dealkylation sites (tertiary alicyclic amines) is 1. The highest BCUT2D eigenvalue weighted by atomic mass is 127. The lowest BCUT2D eigenvalue weighted by atomic mass is 9.94. The van der Waals surface area contributed by atoms with Crippen LogP contribution in [0, 0.1) is 5.92 Å². The van der Waals surface area contributed by atoms with E-state index in [4.69, 9.17) is 14.2 Å². The Bertz CT molecular complexity index is 379. The van der Waals surface area contributed by atoms with E-state index in [1.807, 2.05) is 20.8 Å². The predicted octanol–water partition coefficient (Wildman–Crippen LogP) is 3.24. The van der Waals surface area contributed by atoms with Gasteiger partial charge in [-0.25, -0.2) is 4.79 Å². The van der Waals surface area contributed by atoms with Crippen molar-refractivity contribution in [1.82, 2.24) is 4.90 Å². The molecule has 1 amide bonds. The molecule has 0 spiro atoms. The summed E-state index contributed by atoms with van der Waals surface area (Å²) in [5.74, 6) is 0.497. The lowest BCUT2D eigenvalue weighted by Crippen LogP contribution is -2.54. The summed E-state index contributed by atoms with van der Waals surface area (Å²) in [4.78, 5) is 14.1. The first-order chi connectivity index (χ1) is 10.3. The smallest absolute Gasteiger partial charge is 0.410 e. The standard InChI is InChI=1S/C16H28INO4/c1-15(2,3)22-14(19)18-7-4-6-16(11-17,12-18)21-10-13-5-8-20-9-13/h13H,4-12H2,1-3H3. The van der Waals surface area contributed by atoms with Crippen LogP contribution < -0.4 is 0 Å². The Balaban J connectivity index is 1.91. The molecule has 2 heterocycles. The molecule has 5 nitrogen and oxygen atoms in total. The summed E-state index contributed by atoms with van der Waals surface area (Å²) in [7, 11) is 0. The fraction of sp³-hybridized carbons (Fsp3) is 0.938. The van der Waals surface area contributed by atoms with Crippen LogP contribution in [0.4, 0.5) is 4.79 Å². The van der Waals surface area contributed by atoms with Crippen molar-refractivity contribution in [2.45, 2.75) is 51.2 Å². The van der Waals surface area contributed by atoms with Gasteiger partial charge in [0, 0.05) is 23.5 Å². The molecule has 0 bridgehead atoms. The average molecular weight is 425 g/mol. The lowest BCUT2D eigenvalue weighted by molar-refractivity contribution is -0.0855. The number of rotatable bonds is 4. The van der Waals surface area contributed by atoms with Crippen molar-refractivity contribution in [3.05, 3.63) is 0 Å². The van der Waals surface area contributed by atoms with Crippen LogP contribution in [-0.2, 0) is 14.2 Å². The van der Waals surface area contributed by atoms with Crippen LogP contribution in [0.3, 0.4) is 0 Å². The van der Waals surface area contributed by atoms with Gasteiger partial charge in [-0.15, -0.1) is 0 Å². The molecule has 2 atom stereocenters. The number of carbonyl (C=O) groups excluding carboxylic acids is 1. The van der Waals surface area contributed by atoms with Gasteiger partial charge in [0.25, 0.3) is 0 Å². The first-order valence-electron chi connectivity index (χ1n) is 8.09. The second-order valence-electron chi connectivity index (χ2n) is 7.36. The molecule has 2 fully saturated rings. The first kappa shape index (κ1) is 18.3.